The molecule has 2 fully saturated rings. The number of aliphatic imine (C=N–C) groups is 1. The molecule has 113 heavy (non-hydrogen) atoms. The topological polar surface area (TPSA) is 730 Å². The van der Waals surface area contributed by atoms with E-state index in [-0.39, 0.29) is 95.2 Å². The smallest absolute Gasteiger partial charge is 0.326 e. The number of likely N-dealkylation sites (tertiary alicyclic amines) is 2. The first kappa shape index (κ1) is 98.5. The molecular formula is C68H116N22O22S. The minimum Gasteiger partial charge on any atom is -0.480 e. The Morgan fingerprint density at radius 2 is 0.814 bits per heavy atom. The molecule has 2 aliphatic rings. The summed E-state index contributed by atoms with van der Waals surface area (Å²) in [6.07, 6.45) is -4.39. The van der Waals surface area contributed by atoms with E-state index < -0.39 is 259 Å². The average Bonchev–Trinajstić information content (AvgIpc) is 1.73. The summed E-state index contributed by atoms with van der Waals surface area (Å²) < 4.78 is 0. The quantitative estimate of drug-likeness (QED) is 0.0116. The molecule has 16 atom stereocenters. The van der Waals surface area contributed by atoms with Crippen LogP contribution in [0.15, 0.2) is 4.99 Å². The minimum absolute atomic E-state index is 0.000705. The van der Waals surface area contributed by atoms with Crippen LogP contribution in [0.3, 0.4) is 0 Å². The number of guanidine groups is 1. The number of thiol groups is 1. The minimum atomic E-state index is -1.91. The second-order valence-electron chi connectivity index (χ2n) is 29.0. The number of nitrogens with two attached hydrogens (primary N) is 7. The van der Waals surface area contributed by atoms with Crippen molar-refractivity contribution in [3.8, 4) is 0 Å². The van der Waals surface area contributed by atoms with Gasteiger partial charge < -0.3 is 129 Å². The molecule has 0 radical (unpaired) electrons. The summed E-state index contributed by atoms with van der Waals surface area (Å²) in [4.78, 5) is 260. The number of hydrogen-bond donors (Lipinski definition) is 23. The lowest BCUT2D eigenvalue weighted by Gasteiger charge is -2.31. The van der Waals surface area contributed by atoms with Gasteiger partial charge in [0, 0.05) is 44.6 Å². The Hall–Kier alpha value is -10.6. The van der Waals surface area contributed by atoms with Crippen molar-refractivity contribution in [1.82, 2.24) is 73.6 Å². The number of carboxylic acid groups (broad SMARTS) is 1. The van der Waals surface area contributed by atoms with E-state index in [2.05, 4.69) is 76.1 Å². The largest absolute Gasteiger partial charge is 0.480 e. The predicted molar refractivity (Wildman–Crippen MR) is 405 cm³/mol. The van der Waals surface area contributed by atoms with Crippen LogP contribution in [0.4, 0.5) is 0 Å². The maximum Gasteiger partial charge on any atom is 0.326 e. The molecule has 45 heteroatoms. The fourth-order valence-electron chi connectivity index (χ4n) is 11.9. The van der Waals surface area contributed by atoms with Crippen LogP contribution in [0.2, 0.25) is 0 Å². The molecule has 0 aliphatic carbocycles. The number of aliphatic carboxylic acids is 1. The number of nitrogens with zero attached hydrogens (tertiary/aromatic N) is 3. The lowest BCUT2D eigenvalue weighted by Crippen LogP contribution is -2.62. The molecular weight excluding hydrogens is 1510 g/mol. The Kier molecular flexibility index (Phi) is 42.2. The fourth-order valence-corrected chi connectivity index (χ4v) is 12.2. The molecule has 0 aromatic heterocycles. The molecule has 0 saturated carbocycles. The Bertz CT molecular complexity index is 3440. The van der Waals surface area contributed by atoms with Crippen molar-refractivity contribution in [2.75, 3.05) is 32.0 Å². The SMILES string of the molecule is CC(C)C[C@H](NC(=O)[C@@H](NC(=O)[C@@H]1CCCN1C(=O)[C@H](CCC(N)=O)NC(=O)[C@H](C)NC(=O)[C@@H](N)CCCN=C(N)N)C(C)C)C(=O)N[C@@H](CCC(N)=O)C(=O)N[C@H](C(=O)N[C@@H](CC(C)C)C(=O)N[C@@H](CS)C(=O)N[C@@H](C)C(=O)N[C@@H](CCC(N)=O)C(=O)N1CCC[C@H]1C(=O)N[C@@H](CO)C(=O)N[C@@H](CC(N)=O)C(=O)O)[C@@H](C)O. The van der Waals surface area contributed by atoms with E-state index in [1.54, 1.807) is 41.5 Å². The van der Waals surface area contributed by atoms with E-state index in [1.165, 1.54) is 18.7 Å². The number of aliphatic hydroxyl groups excluding tert-OH is 2. The van der Waals surface area contributed by atoms with Crippen molar-refractivity contribution >= 4 is 131 Å². The summed E-state index contributed by atoms with van der Waals surface area (Å²) in [5.41, 5.74) is 38.0. The van der Waals surface area contributed by atoms with E-state index in [1.807, 2.05) is 5.32 Å². The maximum atomic E-state index is 14.4. The highest BCUT2D eigenvalue weighted by Crippen LogP contribution is 2.23. The van der Waals surface area contributed by atoms with Gasteiger partial charge >= 0.3 is 5.97 Å². The maximum absolute atomic E-state index is 14.4. The van der Waals surface area contributed by atoms with Gasteiger partial charge in [-0.3, -0.25) is 91.3 Å². The third-order valence-corrected chi connectivity index (χ3v) is 18.4. The standard InChI is InChI=1S/C68H116N22O22S/c1-30(2)25-40(82-63(107)51(32(5)6)87-62(106)46-15-12-24-90(46)66(110)39(18-21-49(72)95)80-53(97)33(7)77-55(99)36(69)13-10-22-76-68(74)75)57(101)79-37(16-19-47(70)93)56(100)88-52(35(9)92)64(108)83-41(26-31(3)4)58(102)86-44(29-113)60(104)78-34(8)54(98)81-38(17-20-48(71)94)65(109)89-23-11-14-45(89)61(105)85-43(28-91)59(103)84-42(67(111)112)27-50(73)96/h30-46,51-52,91-92,113H,10-29,69H2,1-9H3,(H2,70,93)(H2,71,94)(H2,72,95)(H2,73,96)(H,77,99)(H,78,104)(H,79,101)(H,80,97)(H,81,98)(H,82,107)(H,83,108)(H,84,103)(H,85,105)(H,86,102)(H,87,106)(H,88,100)(H,111,112)(H4,74,75,76)/t33-,34-,35+,36-,37-,38-,39-,40-,41-,42-,43-,44-,45-,46-,51-,52-/m0/s1. The molecule has 0 spiro atoms. The van der Waals surface area contributed by atoms with E-state index in [9.17, 15) is 106 Å². The van der Waals surface area contributed by atoms with Crippen molar-refractivity contribution in [3.05, 3.63) is 0 Å². The van der Waals surface area contributed by atoms with Gasteiger partial charge in [-0.05, 0) is 109 Å². The van der Waals surface area contributed by atoms with Crippen LogP contribution in [0.5, 0.6) is 0 Å². The highest BCUT2D eigenvalue weighted by atomic mass is 32.1. The van der Waals surface area contributed by atoms with Gasteiger partial charge in [0.05, 0.1) is 25.2 Å². The first-order valence-corrected chi connectivity index (χ1v) is 37.7. The Morgan fingerprint density at radius 1 is 0.434 bits per heavy atom. The Labute approximate surface area is 658 Å². The zero-order chi connectivity index (χ0) is 86.0. The third kappa shape index (κ3) is 34.1. The lowest BCUT2D eigenvalue weighted by molar-refractivity contribution is -0.144. The number of aliphatic hydroxyl groups is 2. The van der Waals surface area contributed by atoms with Crippen molar-refractivity contribution in [3.63, 3.8) is 0 Å². The van der Waals surface area contributed by atoms with Crippen LogP contribution >= 0.6 is 12.6 Å². The number of carbonyl (C=O) groups is 19. The molecule has 18 amide bonds. The van der Waals surface area contributed by atoms with Gasteiger partial charge in [-0.1, -0.05) is 41.5 Å². The third-order valence-electron chi connectivity index (χ3n) is 18.0. The zero-order valence-electron chi connectivity index (χ0n) is 65.0. The molecule has 44 nitrogen and oxygen atoms in total. The fraction of sp³-hybridized carbons (Fsp3) is 0.706. The van der Waals surface area contributed by atoms with Crippen LogP contribution in [-0.2, 0) is 91.1 Å². The van der Waals surface area contributed by atoms with Crippen LogP contribution in [0.25, 0.3) is 0 Å². The predicted octanol–water partition coefficient (Wildman–Crippen LogP) is -9.99. The average molecular weight is 1630 g/mol. The van der Waals surface area contributed by atoms with Crippen LogP contribution in [-0.4, -0.2) is 272 Å². The first-order chi connectivity index (χ1) is 52.7. The molecule has 636 valence electrons. The van der Waals surface area contributed by atoms with Crippen molar-refractivity contribution in [1.29, 1.82) is 0 Å². The Morgan fingerprint density at radius 3 is 1.21 bits per heavy atom. The molecule has 0 unspecified atom stereocenters. The van der Waals surface area contributed by atoms with Crippen LogP contribution < -0.4 is 104 Å². The lowest BCUT2D eigenvalue weighted by atomic mass is 9.98. The highest BCUT2D eigenvalue weighted by molar-refractivity contribution is 7.80. The second kappa shape index (κ2) is 48.4. The number of nitrogens with one attached hydrogen (secondary N) is 12. The molecule has 0 aromatic rings. The molecule has 29 N–H and O–H groups in total. The van der Waals surface area contributed by atoms with Crippen molar-refractivity contribution in [2.24, 2.45) is 62.9 Å². The number of carbonyl (C=O) groups excluding carboxylic acids is 18. The van der Waals surface area contributed by atoms with Gasteiger partial charge in [-0.2, -0.15) is 12.6 Å². The number of rotatable bonds is 50. The first-order valence-electron chi connectivity index (χ1n) is 37.1. The normalized spacial score (nSPS) is 17.6. The highest BCUT2D eigenvalue weighted by Gasteiger charge is 2.44. The second-order valence-corrected chi connectivity index (χ2v) is 29.4. The molecule has 2 saturated heterocycles. The number of carboxylic acids is 1. The van der Waals surface area contributed by atoms with Gasteiger partial charge in [-0.15, -0.1) is 0 Å². The zero-order valence-corrected chi connectivity index (χ0v) is 65.9. The summed E-state index contributed by atoms with van der Waals surface area (Å²) in [6, 6.07) is -22.6. The molecule has 2 heterocycles. The van der Waals surface area contributed by atoms with E-state index in [4.69, 9.17) is 40.1 Å². The van der Waals surface area contributed by atoms with Gasteiger partial charge in [-0.25, -0.2) is 4.79 Å². The molecule has 0 bridgehead atoms. The van der Waals surface area contributed by atoms with E-state index in [0.29, 0.717) is 6.42 Å². The van der Waals surface area contributed by atoms with Gasteiger partial charge in [0.25, 0.3) is 0 Å². The summed E-state index contributed by atoms with van der Waals surface area (Å²) in [5, 5.41) is 59.4. The number of amides is 18. The van der Waals surface area contributed by atoms with Gasteiger partial charge in [0.1, 0.15) is 84.6 Å². The van der Waals surface area contributed by atoms with Crippen LogP contribution in [0.1, 0.15) is 159 Å². The van der Waals surface area contributed by atoms with Gasteiger partial charge in [0.15, 0.2) is 5.96 Å². The molecule has 0 aromatic carbocycles. The molecule has 2 rings (SSSR count). The number of hydrogen-bond acceptors (Lipinski definition) is 24. The summed E-state index contributed by atoms with van der Waals surface area (Å²) in [7, 11) is 0. The van der Waals surface area contributed by atoms with Crippen LogP contribution in [0, 0.1) is 17.8 Å². The summed E-state index contributed by atoms with van der Waals surface area (Å²) in [5.74, 6) is -20.9. The van der Waals surface area contributed by atoms with Crippen molar-refractivity contribution < 1.29 is 106 Å². The number of primary amides is 4. The monoisotopic (exact) mass is 1620 g/mol. The van der Waals surface area contributed by atoms with Crippen molar-refractivity contribution in [2.45, 2.75) is 255 Å². The molecule has 2 aliphatic heterocycles. The summed E-state index contributed by atoms with van der Waals surface area (Å²) in [6.45, 7) is 12.5. The summed E-state index contributed by atoms with van der Waals surface area (Å²) >= 11 is 4.21. The van der Waals surface area contributed by atoms with E-state index >= 15 is 0 Å². The van der Waals surface area contributed by atoms with Gasteiger partial charge in [0.2, 0.25) is 106 Å². The Balaban J connectivity index is 2.32. The van der Waals surface area contributed by atoms with E-state index in [0.717, 1.165) is 11.8 Å².